The van der Waals surface area contributed by atoms with Crippen molar-refractivity contribution >= 4 is 17.4 Å². The van der Waals surface area contributed by atoms with Crippen molar-refractivity contribution in [3.8, 4) is 0 Å². The van der Waals surface area contributed by atoms with E-state index in [1.807, 2.05) is 42.2 Å². The number of hydrogen-bond donors (Lipinski definition) is 3. The zero-order chi connectivity index (χ0) is 27.2. The Balaban J connectivity index is 1.39. The van der Waals surface area contributed by atoms with Gasteiger partial charge in [0.15, 0.2) is 17.5 Å². The van der Waals surface area contributed by atoms with Crippen molar-refractivity contribution in [3.63, 3.8) is 0 Å². The van der Waals surface area contributed by atoms with Crippen LogP contribution in [0.4, 0.5) is 5.69 Å². The maximum atomic E-state index is 14.5. The van der Waals surface area contributed by atoms with Crippen molar-refractivity contribution < 1.29 is 29.6 Å². The molecule has 0 amide bonds. The van der Waals surface area contributed by atoms with Gasteiger partial charge < -0.3 is 25.0 Å². The Kier molecular flexibility index (Phi) is 5.77. The molecule has 3 fully saturated rings. The van der Waals surface area contributed by atoms with Gasteiger partial charge in [-0.15, -0.1) is 0 Å². The maximum Gasteiger partial charge on any atom is 0.329 e. The first kappa shape index (κ1) is 25.8. The Morgan fingerprint density at radius 3 is 2.61 bits per heavy atom. The van der Waals surface area contributed by atoms with Crippen LogP contribution in [-0.4, -0.2) is 64.1 Å². The predicted molar refractivity (Wildman–Crippen MR) is 142 cm³/mol. The van der Waals surface area contributed by atoms with E-state index in [9.17, 15) is 24.9 Å². The highest BCUT2D eigenvalue weighted by atomic mass is 16.6. The summed E-state index contributed by atoms with van der Waals surface area (Å²) in [6.45, 7) is 8.30. The average molecular weight is 522 g/mol. The number of esters is 1. The second-order valence-corrected chi connectivity index (χ2v) is 12.9. The second kappa shape index (κ2) is 8.51. The van der Waals surface area contributed by atoms with E-state index in [0.29, 0.717) is 24.5 Å². The molecule has 1 spiro atoms. The minimum atomic E-state index is -2.11. The molecule has 1 heterocycles. The van der Waals surface area contributed by atoms with Crippen LogP contribution in [0.15, 0.2) is 53.6 Å². The van der Waals surface area contributed by atoms with Crippen LogP contribution in [0.2, 0.25) is 0 Å². The van der Waals surface area contributed by atoms with Crippen LogP contribution in [0.3, 0.4) is 0 Å². The molecular formula is C31H39NO6. The van der Waals surface area contributed by atoms with Gasteiger partial charge >= 0.3 is 5.97 Å². The van der Waals surface area contributed by atoms with E-state index in [-0.39, 0.29) is 28.6 Å². The molecule has 7 nitrogen and oxygen atoms in total. The first-order chi connectivity index (χ1) is 18.0. The van der Waals surface area contributed by atoms with Crippen LogP contribution in [0, 0.1) is 34.5 Å². The van der Waals surface area contributed by atoms with Gasteiger partial charge in [-0.1, -0.05) is 51.1 Å². The highest BCUT2D eigenvalue weighted by Crippen LogP contribution is 2.71. The molecule has 7 heteroatoms. The van der Waals surface area contributed by atoms with Crippen LogP contribution in [0.1, 0.15) is 47.0 Å². The smallest absolute Gasteiger partial charge is 0.329 e. The van der Waals surface area contributed by atoms with E-state index in [2.05, 4.69) is 13.8 Å². The quantitative estimate of drug-likeness (QED) is 0.413. The molecule has 0 aromatic heterocycles. The summed E-state index contributed by atoms with van der Waals surface area (Å²) in [6.07, 6.45) is 2.90. The molecule has 1 aromatic carbocycles. The Bertz CT molecular complexity index is 1220. The zero-order valence-electron chi connectivity index (χ0n) is 22.6. The summed E-state index contributed by atoms with van der Waals surface area (Å²) in [6, 6.07) is 9.18. The van der Waals surface area contributed by atoms with Crippen LogP contribution >= 0.6 is 0 Å². The van der Waals surface area contributed by atoms with Crippen molar-refractivity contribution in [2.75, 3.05) is 18.1 Å². The summed E-state index contributed by atoms with van der Waals surface area (Å²) >= 11 is 0. The molecule has 1 aromatic rings. The van der Waals surface area contributed by atoms with E-state index in [1.54, 1.807) is 19.1 Å². The minimum absolute atomic E-state index is 0.0345. The zero-order valence-corrected chi connectivity index (χ0v) is 22.6. The summed E-state index contributed by atoms with van der Waals surface area (Å²) in [5, 5.41) is 34.6. The first-order valence-electron chi connectivity index (χ1n) is 14.0. The molecule has 5 aliphatic rings. The average Bonchev–Trinajstić information content (AvgIpc) is 3.20. The second-order valence-electron chi connectivity index (χ2n) is 12.9. The van der Waals surface area contributed by atoms with Gasteiger partial charge in [-0.05, 0) is 72.6 Å². The molecule has 4 aliphatic carbocycles. The fourth-order valence-electron chi connectivity index (χ4n) is 8.73. The third-order valence-electron chi connectivity index (χ3n) is 10.7. The van der Waals surface area contributed by atoms with Gasteiger partial charge in [0, 0.05) is 18.2 Å². The number of aliphatic hydroxyl groups is 3. The molecule has 204 valence electrons. The van der Waals surface area contributed by atoms with E-state index < -0.39 is 47.8 Å². The number of hydrogen-bond acceptors (Lipinski definition) is 7. The lowest BCUT2D eigenvalue weighted by Gasteiger charge is -2.49. The number of ketones is 1. The number of ether oxygens (including phenoxy) is 1. The monoisotopic (exact) mass is 521 g/mol. The molecule has 3 N–H and O–H groups in total. The normalized spacial score (nSPS) is 42.9. The molecule has 1 saturated heterocycles. The van der Waals surface area contributed by atoms with Gasteiger partial charge in [-0.3, -0.25) is 4.79 Å². The fraction of sp³-hybridized carbons (Fsp3) is 0.613. The number of fused-ring (bicyclic) bond motifs is 3. The lowest BCUT2D eigenvalue weighted by molar-refractivity contribution is -0.204. The van der Waals surface area contributed by atoms with Gasteiger partial charge in [0.2, 0.25) is 0 Å². The van der Waals surface area contributed by atoms with Gasteiger partial charge in [0.1, 0.15) is 12.1 Å². The molecule has 9 atom stereocenters. The number of carbonyl (C=O) groups is 2. The lowest BCUT2D eigenvalue weighted by atomic mass is 9.59. The molecule has 1 unspecified atom stereocenters. The molecule has 1 aliphatic heterocycles. The predicted octanol–water partition coefficient (Wildman–Crippen LogP) is 3.04. The van der Waals surface area contributed by atoms with Crippen LogP contribution in [-0.2, 0) is 14.3 Å². The molecule has 0 radical (unpaired) electrons. The van der Waals surface area contributed by atoms with Gasteiger partial charge in [-0.2, -0.15) is 0 Å². The number of para-hydroxylation sites is 1. The largest absolute Gasteiger partial charge is 0.453 e. The van der Waals surface area contributed by atoms with Crippen LogP contribution in [0.25, 0.3) is 0 Å². The maximum absolute atomic E-state index is 14.5. The number of aliphatic hydroxyl groups excluding tert-OH is 2. The Morgan fingerprint density at radius 2 is 1.92 bits per heavy atom. The van der Waals surface area contributed by atoms with Crippen molar-refractivity contribution in [3.05, 3.63) is 53.6 Å². The molecule has 2 saturated carbocycles. The number of benzene rings is 1. The van der Waals surface area contributed by atoms with E-state index in [1.165, 1.54) is 0 Å². The van der Waals surface area contributed by atoms with Gasteiger partial charge in [0.05, 0.1) is 12.0 Å². The standard InChI is InChI=1S/C31H39NO6/c1-17-15-30-18(2)13-22-24(29(22,3)4)21(26(30)35)14-19(16-33)25(34)31(30,37)27(17)38-28(36)23-11-8-12-32(23)20-9-6-5-7-10-20/h5-7,9-10,14-15,18,21-25,27,33-34,37H,8,11-13,16H2,1-4H3/t18-,21+,22-,23?,24+,25-,27+,30+,31+/m1/s1. The van der Waals surface area contributed by atoms with Crippen LogP contribution < -0.4 is 4.90 Å². The highest BCUT2D eigenvalue weighted by molar-refractivity contribution is 5.95. The fourth-order valence-corrected chi connectivity index (χ4v) is 8.73. The molecule has 2 bridgehead atoms. The summed E-state index contributed by atoms with van der Waals surface area (Å²) in [5.74, 6) is -1.04. The Morgan fingerprint density at radius 1 is 1.21 bits per heavy atom. The summed E-state index contributed by atoms with van der Waals surface area (Å²) in [4.78, 5) is 30.2. The van der Waals surface area contributed by atoms with E-state index in [4.69, 9.17) is 4.74 Å². The van der Waals surface area contributed by atoms with Gasteiger partial charge in [-0.25, -0.2) is 4.79 Å². The first-order valence-corrected chi connectivity index (χ1v) is 14.0. The third-order valence-corrected chi connectivity index (χ3v) is 10.7. The van der Waals surface area contributed by atoms with Crippen molar-refractivity contribution in [1.29, 1.82) is 0 Å². The van der Waals surface area contributed by atoms with Crippen molar-refractivity contribution in [1.82, 2.24) is 0 Å². The lowest BCUT2D eigenvalue weighted by Crippen LogP contribution is -2.66. The Hall–Kier alpha value is -2.48. The van der Waals surface area contributed by atoms with Crippen LogP contribution in [0.5, 0.6) is 0 Å². The number of anilines is 1. The van der Waals surface area contributed by atoms with Crippen molar-refractivity contribution in [2.45, 2.75) is 70.8 Å². The molecule has 6 rings (SSSR count). The number of carbonyl (C=O) groups excluding carboxylic acids is 2. The Labute approximate surface area is 224 Å². The third kappa shape index (κ3) is 3.18. The number of Topliss-reactive ketones (excluding diaryl/α,β-unsaturated/α-hetero) is 1. The minimum Gasteiger partial charge on any atom is -0.453 e. The van der Waals surface area contributed by atoms with Crippen molar-refractivity contribution in [2.24, 2.45) is 34.5 Å². The number of allylic oxidation sites excluding steroid dienone is 1. The highest BCUT2D eigenvalue weighted by Gasteiger charge is 2.76. The van der Waals surface area contributed by atoms with Gasteiger partial charge in [0.25, 0.3) is 0 Å². The number of nitrogens with zero attached hydrogens (tertiary/aromatic N) is 1. The molecule has 38 heavy (non-hydrogen) atoms. The SMILES string of the molecule is CC1=C[C@]23C(=O)[C@@H](C=C(CO)[C@@H](O)[C@]2(O)[C@H]1OC(=O)C1CCCN1c1ccccc1)[C@H]1[C@@H](C[C@H]3C)C1(C)C. The summed E-state index contributed by atoms with van der Waals surface area (Å²) in [5.41, 5.74) is -1.84. The van der Waals surface area contributed by atoms with E-state index in [0.717, 1.165) is 18.5 Å². The summed E-state index contributed by atoms with van der Waals surface area (Å²) in [7, 11) is 0. The molecular weight excluding hydrogens is 482 g/mol. The topological polar surface area (TPSA) is 107 Å². The van der Waals surface area contributed by atoms with E-state index >= 15 is 0 Å². The number of rotatable bonds is 4. The summed E-state index contributed by atoms with van der Waals surface area (Å²) < 4.78 is 6.13.